The van der Waals surface area contributed by atoms with Crippen molar-refractivity contribution in [3.05, 3.63) is 41.5 Å². The Morgan fingerprint density at radius 1 is 0.839 bits per heavy atom. The van der Waals surface area contributed by atoms with Crippen LogP contribution in [0.25, 0.3) is 6.08 Å². The molecule has 2 atom stereocenters. The zero-order valence-corrected chi connectivity index (χ0v) is 17.9. The minimum Gasteiger partial charge on any atom is -0.502 e. The van der Waals surface area contributed by atoms with Crippen LogP contribution >= 0.6 is 0 Å². The van der Waals surface area contributed by atoms with Gasteiger partial charge in [-0.15, -0.1) is 0 Å². The number of benzene rings is 2. The number of rotatable bonds is 11. The molecule has 0 aliphatic heterocycles. The number of hydrogen-bond donors (Lipinski definition) is 4. The van der Waals surface area contributed by atoms with Crippen LogP contribution < -0.4 is 23.7 Å². The van der Waals surface area contributed by atoms with Gasteiger partial charge in [0.15, 0.2) is 29.1 Å². The smallest absolute Gasteiger partial charge is 0.204 e. The van der Waals surface area contributed by atoms with Gasteiger partial charge in [0, 0.05) is 0 Å². The molecule has 0 aromatic heterocycles. The molecule has 2 rings (SSSR count). The standard InChI is InChI=1S/C22H28O9/c1-27-15-10-14(11-16(28-2)21(15)26)20(25)19(12-24)31-22-17(29-3)8-13(6-5-7-23)9-18(22)30-4/h5-6,8-11,19-20,23-26H,7,12H2,1-4H3/t19-,20+/m1/s1. The maximum Gasteiger partial charge on any atom is 0.204 e. The molecule has 0 spiro atoms. The van der Waals surface area contributed by atoms with Crippen molar-refractivity contribution < 1.29 is 44.1 Å². The number of methoxy groups -OCH3 is 4. The van der Waals surface area contributed by atoms with Crippen LogP contribution in [-0.2, 0) is 0 Å². The van der Waals surface area contributed by atoms with Gasteiger partial charge < -0.3 is 44.1 Å². The molecule has 0 amide bonds. The number of phenols is 1. The van der Waals surface area contributed by atoms with E-state index in [0.29, 0.717) is 22.6 Å². The van der Waals surface area contributed by atoms with Crippen molar-refractivity contribution >= 4 is 6.08 Å². The molecule has 2 aromatic carbocycles. The Kier molecular flexibility index (Phi) is 8.80. The summed E-state index contributed by atoms with van der Waals surface area (Å²) in [6.07, 6.45) is 0.820. The Hall–Kier alpha value is -3.14. The summed E-state index contributed by atoms with van der Waals surface area (Å²) < 4.78 is 26.9. The SMILES string of the molecule is COc1cc([C@H](O)[C@@H](CO)Oc2c(OC)cc(C=CCO)cc2OC)cc(OC)c1O. The summed E-state index contributed by atoms with van der Waals surface area (Å²) in [5.74, 6) is 0.784. The second-order valence-electron chi connectivity index (χ2n) is 6.40. The van der Waals surface area contributed by atoms with E-state index in [1.807, 2.05) is 0 Å². The molecule has 9 nitrogen and oxygen atoms in total. The average molecular weight is 436 g/mol. The largest absolute Gasteiger partial charge is 0.502 e. The summed E-state index contributed by atoms with van der Waals surface area (Å²) in [4.78, 5) is 0. The lowest BCUT2D eigenvalue weighted by Crippen LogP contribution is -2.29. The fraction of sp³-hybridized carbons (Fsp3) is 0.364. The molecule has 0 fully saturated rings. The van der Waals surface area contributed by atoms with E-state index >= 15 is 0 Å². The molecule has 0 heterocycles. The minimum absolute atomic E-state index is 0.0975. The van der Waals surface area contributed by atoms with Gasteiger partial charge in [0.25, 0.3) is 0 Å². The fourth-order valence-electron chi connectivity index (χ4n) is 2.95. The van der Waals surface area contributed by atoms with Crippen molar-refractivity contribution in [2.45, 2.75) is 12.2 Å². The Morgan fingerprint density at radius 3 is 1.77 bits per heavy atom. The summed E-state index contributed by atoms with van der Waals surface area (Å²) in [5, 5.41) is 39.8. The van der Waals surface area contributed by atoms with Crippen molar-refractivity contribution in [3.8, 4) is 34.5 Å². The number of aromatic hydroxyl groups is 1. The molecule has 0 unspecified atom stereocenters. The van der Waals surface area contributed by atoms with Crippen molar-refractivity contribution in [2.24, 2.45) is 0 Å². The van der Waals surface area contributed by atoms with Gasteiger partial charge in [-0.25, -0.2) is 0 Å². The number of hydrogen-bond acceptors (Lipinski definition) is 9. The van der Waals surface area contributed by atoms with E-state index in [2.05, 4.69) is 0 Å². The van der Waals surface area contributed by atoms with E-state index in [1.54, 1.807) is 24.3 Å². The third-order valence-electron chi connectivity index (χ3n) is 4.54. The summed E-state index contributed by atoms with van der Waals surface area (Å²) in [6.45, 7) is -0.660. The summed E-state index contributed by atoms with van der Waals surface area (Å²) in [6, 6.07) is 6.17. The summed E-state index contributed by atoms with van der Waals surface area (Å²) >= 11 is 0. The van der Waals surface area contributed by atoms with E-state index in [-0.39, 0.29) is 29.6 Å². The predicted molar refractivity (Wildman–Crippen MR) is 113 cm³/mol. The van der Waals surface area contributed by atoms with E-state index in [0.717, 1.165) is 0 Å². The van der Waals surface area contributed by atoms with E-state index < -0.39 is 18.8 Å². The van der Waals surface area contributed by atoms with Crippen LogP contribution in [0.4, 0.5) is 0 Å². The van der Waals surface area contributed by atoms with Gasteiger partial charge in [-0.1, -0.05) is 12.2 Å². The lowest BCUT2D eigenvalue weighted by Gasteiger charge is -2.25. The molecule has 0 aliphatic rings. The Balaban J connectivity index is 2.43. The van der Waals surface area contributed by atoms with Crippen LogP contribution in [0.1, 0.15) is 17.2 Å². The van der Waals surface area contributed by atoms with Crippen LogP contribution in [-0.4, -0.2) is 68.2 Å². The molecule has 31 heavy (non-hydrogen) atoms. The second-order valence-corrected chi connectivity index (χ2v) is 6.40. The summed E-state index contributed by atoms with van der Waals surface area (Å²) in [5.41, 5.74) is 0.996. The molecule has 170 valence electrons. The van der Waals surface area contributed by atoms with Gasteiger partial charge in [0.2, 0.25) is 11.5 Å². The Morgan fingerprint density at radius 2 is 1.35 bits per heavy atom. The quantitative estimate of drug-likeness (QED) is 0.418. The zero-order valence-electron chi connectivity index (χ0n) is 17.9. The highest BCUT2D eigenvalue weighted by Gasteiger charge is 2.27. The third-order valence-corrected chi connectivity index (χ3v) is 4.54. The normalized spacial score (nSPS) is 13.0. The predicted octanol–water partition coefficient (Wildman–Crippen LogP) is 1.91. The van der Waals surface area contributed by atoms with Crippen LogP contribution in [0.3, 0.4) is 0 Å². The highest BCUT2D eigenvalue weighted by molar-refractivity contribution is 5.62. The van der Waals surface area contributed by atoms with Gasteiger partial charge in [-0.3, -0.25) is 0 Å². The van der Waals surface area contributed by atoms with Gasteiger partial charge in [-0.2, -0.15) is 0 Å². The lowest BCUT2D eigenvalue weighted by atomic mass is 10.0. The van der Waals surface area contributed by atoms with Gasteiger partial charge in [0.1, 0.15) is 6.10 Å². The summed E-state index contributed by atoms with van der Waals surface area (Å²) in [7, 11) is 5.63. The van der Waals surface area contributed by atoms with E-state index in [1.165, 1.54) is 40.6 Å². The first kappa shape index (κ1) is 24.1. The minimum atomic E-state index is -1.31. The fourth-order valence-corrected chi connectivity index (χ4v) is 2.95. The molecule has 4 N–H and O–H groups in total. The number of aliphatic hydroxyl groups is 3. The Bertz CT molecular complexity index is 845. The number of aliphatic hydroxyl groups excluding tert-OH is 3. The van der Waals surface area contributed by atoms with Crippen LogP contribution in [0.2, 0.25) is 0 Å². The first-order chi connectivity index (χ1) is 14.9. The van der Waals surface area contributed by atoms with Gasteiger partial charge in [-0.05, 0) is 35.4 Å². The average Bonchev–Trinajstić information content (AvgIpc) is 2.80. The van der Waals surface area contributed by atoms with Crippen LogP contribution in [0.5, 0.6) is 34.5 Å². The lowest BCUT2D eigenvalue weighted by molar-refractivity contribution is -0.00184. The van der Waals surface area contributed by atoms with Crippen LogP contribution in [0, 0.1) is 0 Å². The van der Waals surface area contributed by atoms with E-state index in [9.17, 15) is 15.3 Å². The highest BCUT2D eigenvalue weighted by atomic mass is 16.6. The Labute approximate surface area is 180 Å². The topological polar surface area (TPSA) is 127 Å². The number of ether oxygens (including phenoxy) is 5. The van der Waals surface area contributed by atoms with E-state index in [4.69, 9.17) is 28.8 Å². The molecule has 0 radical (unpaired) electrons. The first-order valence-electron chi connectivity index (χ1n) is 9.37. The first-order valence-corrected chi connectivity index (χ1v) is 9.37. The zero-order chi connectivity index (χ0) is 23.0. The molecule has 0 aliphatic carbocycles. The number of phenolic OH excluding ortho intramolecular Hbond substituents is 1. The van der Waals surface area contributed by atoms with Crippen molar-refractivity contribution in [3.63, 3.8) is 0 Å². The third kappa shape index (κ3) is 5.52. The van der Waals surface area contributed by atoms with Gasteiger partial charge in [0.05, 0.1) is 41.7 Å². The molecule has 0 saturated heterocycles. The molecular weight excluding hydrogens is 408 g/mol. The maximum atomic E-state index is 10.9. The van der Waals surface area contributed by atoms with Crippen molar-refractivity contribution in [1.82, 2.24) is 0 Å². The van der Waals surface area contributed by atoms with Crippen molar-refractivity contribution in [2.75, 3.05) is 41.7 Å². The molecule has 2 aromatic rings. The van der Waals surface area contributed by atoms with Gasteiger partial charge >= 0.3 is 0 Å². The molecule has 0 saturated carbocycles. The van der Waals surface area contributed by atoms with Crippen LogP contribution in [0.15, 0.2) is 30.3 Å². The highest BCUT2D eigenvalue weighted by Crippen LogP contribution is 2.42. The molecule has 0 bridgehead atoms. The second kappa shape index (κ2) is 11.3. The molecular formula is C22H28O9. The monoisotopic (exact) mass is 436 g/mol. The maximum absolute atomic E-state index is 10.9. The molecule has 9 heteroatoms. The van der Waals surface area contributed by atoms with Crippen molar-refractivity contribution in [1.29, 1.82) is 0 Å².